The van der Waals surface area contributed by atoms with Crippen molar-refractivity contribution in [1.29, 1.82) is 0 Å². The van der Waals surface area contributed by atoms with E-state index in [1.807, 2.05) is 0 Å². The third kappa shape index (κ3) is 2.81. The fourth-order valence-corrected chi connectivity index (χ4v) is 2.73. The minimum Gasteiger partial charge on any atom is -0.396 e. The van der Waals surface area contributed by atoms with Crippen molar-refractivity contribution in [1.82, 2.24) is 0 Å². The van der Waals surface area contributed by atoms with E-state index in [2.05, 4.69) is 43.0 Å². The lowest BCUT2D eigenvalue weighted by molar-refractivity contribution is 0.263. The van der Waals surface area contributed by atoms with Crippen LogP contribution in [0, 0.1) is 5.92 Å². The third-order valence-corrected chi connectivity index (χ3v) is 3.72. The van der Waals surface area contributed by atoms with Crippen LogP contribution in [0.3, 0.4) is 0 Å². The molecular weight excluding hydrogens is 210 g/mol. The Morgan fingerprint density at radius 3 is 2.82 bits per heavy atom. The second kappa shape index (κ2) is 5.54. The SMILES string of the molecule is CC(C)c1ccccc1N1CCC(CCO)C1. The molecule has 1 aliphatic rings. The van der Waals surface area contributed by atoms with Crippen molar-refractivity contribution in [2.75, 3.05) is 24.6 Å². The van der Waals surface area contributed by atoms with Gasteiger partial charge in [-0.1, -0.05) is 32.0 Å². The van der Waals surface area contributed by atoms with Crippen molar-refractivity contribution in [3.63, 3.8) is 0 Å². The molecule has 1 fully saturated rings. The highest BCUT2D eigenvalue weighted by Gasteiger charge is 2.23. The predicted molar refractivity (Wildman–Crippen MR) is 72.6 cm³/mol. The third-order valence-electron chi connectivity index (χ3n) is 3.72. The van der Waals surface area contributed by atoms with Crippen LogP contribution in [0.2, 0.25) is 0 Å². The molecule has 94 valence electrons. The van der Waals surface area contributed by atoms with E-state index in [9.17, 15) is 0 Å². The average Bonchev–Trinajstić information content (AvgIpc) is 2.78. The molecule has 17 heavy (non-hydrogen) atoms. The number of aliphatic hydroxyl groups is 1. The lowest BCUT2D eigenvalue weighted by Crippen LogP contribution is -2.21. The van der Waals surface area contributed by atoms with Gasteiger partial charge in [0.1, 0.15) is 0 Å². The number of rotatable bonds is 4. The summed E-state index contributed by atoms with van der Waals surface area (Å²) in [7, 11) is 0. The molecule has 0 aromatic heterocycles. The Hall–Kier alpha value is -1.02. The summed E-state index contributed by atoms with van der Waals surface area (Å²) in [6.07, 6.45) is 2.16. The Kier molecular flexibility index (Phi) is 4.06. The zero-order chi connectivity index (χ0) is 12.3. The van der Waals surface area contributed by atoms with Crippen molar-refractivity contribution >= 4 is 5.69 Å². The monoisotopic (exact) mass is 233 g/mol. The number of anilines is 1. The van der Waals surface area contributed by atoms with Crippen LogP contribution in [0.5, 0.6) is 0 Å². The molecule has 1 atom stereocenters. The summed E-state index contributed by atoms with van der Waals surface area (Å²) in [6.45, 7) is 7.06. The average molecular weight is 233 g/mol. The highest BCUT2D eigenvalue weighted by atomic mass is 16.3. The van der Waals surface area contributed by atoms with E-state index in [0.717, 1.165) is 19.5 Å². The van der Waals surface area contributed by atoms with Gasteiger partial charge in [0.15, 0.2) is 0 Å². The van der Waals surface area contributed by atoms with Gasteiger partial charge in [-0.05, 0) is 36.3 Å². The van der Waals surface area contributed by atoms with Crippen molar-refractivity contribution in [3.8, 4) is 0 Å². The molecule has 0 bridgehead atoms. The van der Waals surface area contributed by atoms with Crippen LogP contribution in [-0.2, 0) is 0 Å². The number of benzene rings is 1. The lowest BCUT2D eigenvalue weighted by atomic mass is 10.0. The molecular formula is C15H23NO. The van der Waals surface area contributed by atoms with Gasteiger partial charge in [0, 0.05) is 25.4 Å². The van der Waals surface area contributed by atoms with E-state index in [4.69, 9.17) is 5.11 Å². The Labute approximate surface area is 104 Å². The van der Waals surface area contributed by atoms with Crippen LogP contribution in [0.15, 0.2) is 24.3 Å². The van der Waals surface area contributed by atoms with Gasteiger partial charge in [-0.2, -0.15) is 0 Å². The molecule has 1 aliphatic heterocycles. The van der Waals surface area contributed by atoms with Gasteiger partial charge in [-0.15, -0.1) is 0 Å². The summed E-state index contributed by atoms with van der Waals surface area (Å²) in [5.74, 6) is 1.24. The normalized spacial score (nSPS) is 20.2. The molecule has 1 aromatic rings. The van der Waals surface area contributed by atoms with Crippen LogP contribution in [0.25, 0.3) is 0 Å². The van der Waals surface area contributed by atoms with E-state index in [1.54, 1.807) is 0 Å². The van der Waals surface area contributed by atoms with Gasteiger partial charge in [0.2, 0.25) is 0 Å². The summed E-state index contributed by atoms with van der Waals surface area (Å²) in [6, 6.07) is 8.72. The summed E-state index contributed by atoms with van der Waals surface area (Å²) in [5, 5.41) is 9.01. The molecule has 0 spiro atoms. The largest absolute Gasteiger partial charge is 0.396 e. The first-order valence-corrected chi connectivity index (χ1v) is 6.67. The van der Waals surface area contributed by atoms with Gasteiger partial charge in [-0.25, -0.2) is 0 Å². The smallest absolute Gasteiger partial charge is 0.0434 e. The molecule has 1 unspecified atom stereocenters. The standard InChI is InChI=1S/C15H23NO/c1-12(2)14-5-3-4-6-15(14)16-9-7-13(11-16)8-10-17/h3-6,12-13,17H,7-11H2,1-2H3. The molecule has 1 heterocycles. The molecule has 2 rings (SSSR count). The van der Waals surface area contributed by atoms with Crippen molar-refractivity contribution in [2.45, 2.75) is 32.6 Å². The highest BCUT2D eigenvalue weighted by molar-refractivity contribution is 5.55. The quantitative estimate of drug-likeness (QED) is 0.864. The molecule has 1 saturated heterocycles. The van der Waals surface area contributed by atoms with Crippen LogP contribution in [0.4, 0.5) is 5.69 Å². The second-order valence-electron chi connectivity index (χ2n) is 5.33. The van der Waals surface area contributed by atoms with Crippen LogP contribution >= 0.6 is 0 Å². The number of hydrogen-bond acceptors (Lipinski definition) is 2. The first-order valence-electron chi connectivity index (χ1n) is 6.67. The first kappa shape index (κ1) is 12.4. The molecule has 0 radical (unpaired) electrons. The lowest BCUT2D eigenvalue weighted by Gasteiger charge is -2.23. The van der Waals surface area contributed by atoms with Crippen LogP contribution in [0.1, 0.15) is 38.2 Å². The number of para-hydroxylation sites is 1. The Bertz CT molecular complexity index is 362. The number of nitrogens with zero attached hydrogens (tertiary/aromatic N) is 1. The fraction of sp³-hybridized carbons (Fsp3) is 0.600. The van der Waals surface area contributed by atoms with E-state index < -0.39 is 0 Å². The molecule has 2 nitrogen and oxygen atoms in total. The maximum Gasteiger partial charge on any atom is 0.0434 e. The summed E-state index contributed by atoms with van der Waals surface area (Å²) >= 11 is 0. The van der Waals surface area contributed by atoms with E-state index >= 15 is 0 Å². The van der Waals surface area contributed by atoms with Crippen molar-refractivity contribution in [3.05, 3.63) is 29.8 Å². The van der Waals surface area contributed by atoms with E-state index in [-0.39, 0.29) is 0 Å². The number of hydrogen-bond donors (Lipinski definition) is 1. The summed E-state index contributed by atoms with van der Waals surface area (Å²) < 4.78 is 0. The van der Waals surface area contributed by atoms with E-state index in [0.29, 0.717) is 18.4 Å². The summed E-state index contributed by atoms with van der Waals surface area (Å²) in [5.41, 5.74) is 2.83. The van der Waals surface area contributed by atoms with Crippen molar-refractivity contribution < 1.29 is 5.11 Å². The van der Waals surface area contributed by atoms with Gasteiger partial charge >= 0.3 is 0 Å². The topological polar surface area (TPSA) is 23.5 Å². The zero-order valence-corrected chi connectivity index (χ0v) is 10.9. The molecule has 2 heteroatoms. The predicted octanol–water partition coefficient (Wildman–Crippen LogP) is 3.02. The number of aliphatic hydroxyl groups excluding tert-OH is 1. The Morgan fingerprint density at radius 1 is 1.35 bits per heavy atom. The molecule has 1 N–H and O–H groups in total. The highest BCUT2D eigenvalue weighted by Crippen LogP contribution is 2.31. The Morgan fingerprint density at radius 2 is 2.12 bits per heavy atom. The summed E-state index contributed by atoms with van der Waals surface area (Å²) in [4.78, 5) is 2.48. The molecule has 0 aliphatic carbocycles. The minimum atomic E-state index is 0.324. The fourth-order valence-electron chi connectivity index (χ4n) is 2.73. The second-order valence-corrected chi connectivity index (χ2v) is 5.33. The van der Waals surface area contributed by atoms with Gasteiger partial charge in [0.25, 0.3) is 0 Å². The minimum absolute atomic E-state index is 0.324. The van der Waals surface area contributed by atoms with Crippen LogP contribution < -0.4 is 4.90 Å². The maximum atomic E-state index is 9.01. The molecule has 0 amide bonds. The van der Waals surface area contributed by atoms with Gasteiger partial charge in [0.05, 0.1) is 0 Å². The van der Waals surface area contributed by atoms with Gasteiger partial charge in [-0.3, -0.25) is 0 Å². The maximum absolute atomic E-state index is 9.01. The molecule has 1 aromatic carbocycles. The van der Waals surface area contributed by atoms with Gasteiger partial charge < -0.3 is 10.0 Å². The molecule has 0 saturated carbocycles. The van der Waals surface area contributed by atoms with Crippen molar-refractivity contribution in [2.24, 2.45) is 5.92 Å². The van der Waals surface area contributed by atoms with E-state index in [1.165, 1.54) is 17.7 Å². The van der Waals surface area contributed by atoms with Crippen LogP contribution in [-0.4, -0.2) is 24.8 Å². The first-order chi connectivity index (χ1) is 8.22. The zero-order valence-electron chi connectivity index (χ0n) is 10.9. The Balaban J connectivity index is 2.13.